The highest BCUT2D eigenvalue weighted by Gasteiger charge is 2.13. The second kappa shape index (κ2) is 5.52. The van der Waals surface area contributed by atoms with E-state index in [9.17, 15) is 0 Å². The molecule has 0 saturated carbocycles. The Balaban J connectivity index is 2.15. The van der Waals surface area contributed by atoms with Crippen molar-refractivity contribution in [2.75, 3.05) is 18.5 Å². The summed E-state index contributed by atoms with van der Waals surface area (Å²) in [5.41, 5.74) is 6.94. The molecule has 0 saturated heterocycles. The summed E-state index contributed by atoms with van der Waals surface area (Å²) in [6.45, 7) is 5.17. The van der Waals surface area contributed by atoms with Gasteiger partial charge in [0.05, 0.1) is 11.6 Å². The minimum atomic E-state index is 0.216. The lowest BCUT2D eigenvalue weighted by Crippen LogP contribution is -2.32. The van der Waals surface area contributed by atoms with Gasteiger partial charge in [0.15, 0.2) is 5.65 Å². The average molecular weight is 262 g/mol. The van der Waals surface area contributed by atoms with Crippen LogP contribution in [0.15, 0.2) is 12.5 Å². The van der Waals surface area contributed by atoms with E-state index in [0.29, 0.717) is 5.92 Å². The fourth-order valence-electron chi connectivity index (χ4n) is 2.04. The molecule has 0 spiro atoms. The molecule has 0 fully saturated rings. The highest BCUT2D eigenvalue weighted by Crippen LogP contribution is 2.21. The van der Waals surface area contributed by atoms with E-state index < -0.39 is 0 Å². The maximum absolute atomic E-state index is 6.08. The van der Waals surface area contributed by atoms with Crippen molar-refractivity contribution in [1.29, 1.82) is 0 Å². The van der Waals surface area contributed by atoms with Crippen LogP contribution in [0.4, 0.5) is 5.82 Å². The highest BCUT2D eigenvalue weighted by atomic mass is 15.3. The van der Waals surface area contributed by atoms with Crippen LogP contribution in [0.1, 0.15) is 20.3 Å². The monoisotopic (exact) mass is 262 g/mol. The summed E-state index contributed by atoms with van der Waals surface area (Å²) < 4.78 is 1.76. The summed E-state index contributed by atoms with van der Waals surface area (Å²) >= 11 is 0. The second-order valence-corrected chi connectivity index (χ2v) is 5.32. The minimum Gasteiger partial charge on any atom is -0.359 e. The highest BCUT2D eigenvalue weighted by molar-refractivity contribution is 5.86. The van der Waals surface area contributed by atoms with E-state index in [1.807, 2.05) is 20.3 Å². The van der Waals surface area contributed by atoms with Crippen LogP contribution in [0.3, 0.4) is 0 Å². The summed E-state index contributed by atoms with van der Waals surface area (Å²) in [6.07, 6.45) is 4.34. The Morgan fingerprint density at radius 2 is 2.11 bits per heavy atom. The molecule has 0 radical (unpaired) electrons. The second-order valence-electron chi connectivity index (χ2n) is 5.32. The Kier molecular flexibility index (Phi) is 3.99. The van der Waals surface area contributed by atoms with Crippen LogP contribution in [0.2, 0.25) is 0 Å². The zero-order valence-electron chi connectivity index (χ0n) is 12.0. The van der Waals surface area contributed by atoms with Crippen LogP contribution in [0, 0.1) is 5.92 Å². The van der Waals surface area contributed by atoms with Gasteiger partial charge in [0, 0.05) is 26.7 Å². The molecule has 0 aromatic carbocycles. The van der Waals surface area contributed by atoms with Crippen molar-refractivity contribution in [1.82, 2.24) is 19.7 Å². The number of hydrogen-bond acceptors (Lipinski definition) is 5. The number of fused-ring (bicyclic) bond motifs is 1. The molecule has 0 aliphatic rings. The van der Waals surface area contributed by atoms with Crippen molar-refractivity contribution in [2.24, 2.45) is 18.7 Å². The number of aryl methyl sites for hydroxylation is 1. The fourth-order valence-corrected chi connectivity index (χ4v) is 2.04. The van der Waals surface area contributed by atoms with E-state index in [0.717, 1.165) is 29.8 Å². The average Bonchev–Trinajstić information content (AvgIpc) is 2.77. The van der Waals surface area contributed by atoms with Crippen molar-refractivity contribution in [3.63, 3.8) is 0 Å². The molecule has 104 valence electrons. The lowest BCUT2D eigenvalue weighted by molar-refractivity contribution is 0.466. The van der Waals surface area contributed by atoms with Gasteiger partial charge in [-0.2, -0.15) is 5.10 Å². The van der Waals surface area contributed by atoms with Crippen LogP contribution in [0.5, 0.6) is 0 Å². The zero-order valence-corrected chi connectivity index (χ0v) is 12.0. The van der Waals surface area contributed by atoms with Gasteiger partial charge in [0.25, 0.3) is 0 Å². The molecular formula is C13H22N6. The van der Waals surface area contributed by atoms with Crippen molar-refractivity contribution in [3.8, 4) is 0 Å². The Morgan fingerprint density at radius 1 is 1.37 bits per heavy atom. The number of nitrogens with zero attached hydrogens (tertiary/aromatic N) is 5. The van der Waals surface area contributed by atoms with Crippen LogP contribution in [-0.2, 0) is 7.05 Å². The molecule has 0 bridgehead atoms. The SMILES string of the molecule is CC(C)C(N)CCN(C)c1ncnc2c1cnn2C. The number of anilines is 1. The smallest absolute Gasteiger partial charge is 0.163 e. The van der Waals surface area contributed by atoms with E-state index in [1.54, 1.807) is 11.0 Å². The maximum atomic E-state index is 6.08. The van der Waals surface area contributed by atoms with E-state index in [1.165, 1.54) is 0 Å². The van der Waals surface area contributed by atoms with E-state index in [4.69, 9.17) is 5.73 Å². The van der Waals surface area contributed by atoms with Gasteiger partial charge >= 0.3 is 0 Å². The van der Waals surface area contributed by atoms with E-state index in [-0.39, 0.29) is 6.04 Å². The third-order valence-corrected chi connectivity index (χ3v) is 3.52. The van der Waals surface area contributed by atoms with Gasteiger partial charge in [-0.15, -0.1) is 0 Å². The Bertz CT molecular complexity index is 547. The van der Waals surface area contributed by atoms with Crippen LogP contribution < -0.4 is 10.6 Å². The molecule has 6 nitrogen and oxygen atoms in total. The lowest BCUT2D eigenvalue weighted by atomic mass is 10.0. The van der Waals surface area contributed by atoms with Gasteiger partial charge in [-0.1, -0.05) is 13.8 Å². The molecule has 0 amide bonds. The van der Waals surface area contributed by atoms with E-state index >= 15 is 0 Å². The number of aromatic nitrogens is 4. The summed E-state index contributed by atoms with van der Waals surface area (Å²) in [5.74, 6) is 1.41. The Labute approximate surface area is 113 Å². The first kappa shape index (κ1) is 13.7. The first-order valence-corrected chi connectivity index (χ1v) is 6.60. The minimum absolute atomic E-state index is 0.216. The molecule has 0 aliphatic heterocycles. The summed E-state index contributed by atoms with van der Waals surface area (Å²) in [7, 11) is 3.91. The van der Waals surface area contributed by atoms with Crippen LogP contribution in [-0.4, -0.2) is 39.4 Å². The normalized spacial score (nSPS) is 13.2. The fraction of sp³-hybridized carbons (Fsp3) is 0.615. The lowest BCUT2D eigenvalue weighted by Gasteiger charge is -2.22. The van der Waals surface area contributed by atoms with Crippen molar-refractivity contribution in [2.45, 2.75) is 26.3 Å². The molecule has 2 rings (SSSR count). The van der Waals surface area contributed by atoms with Gasteiger partial charge in [0.2, 0.25) is 0 Å². The van der Waals surface area contributed by atoms with Crippen LogP contribution >= 0.6 is 0 Å². The predicted molar refractivity (Wildman–Crippen MR) is 77.0 cm³/mol. The standard InChI is InChI=1S/C13H22N6/c1-9(2)11(14)5-6-18(3)12-10-7-17-19(4)13(10)16-8-15-12/h7-9,11H,5-6,14H2,1-4H3. The molecule has 19 heavy (non-hydrogen) atoms. The van der Waals surface area contributed by atoms with Gasteiger partial charge in [-0.05, 0) is 12.3 Å². The number of hydrogen-bond donors (Lipinski definition) is 1. The molecule has 1 atom stereocenters. The molecule has 2 N–H and O–H groups in total. The third kappa shape index (κ3) is 2.84. The molecule has 2 aromatic rings. The molecule has 0 aliphatic carbocycles. The van der Waals surface area contributed by atoms with Crippen molar-refractivity contribution in [3.05, 3.63) is 12.5 Å². The van der Waals surface area contributed by atoms with Gasteiger partial charge < -0.3 is 10.6 Å². The van der Waals surface area contributed by atoms with E-state index in [2.05, 4.69) is 33.8 Å². The number of rotatable bonds is 5. The quantitative estimate of drug-likeness (QED) is 0.875. The van der Waals surface area contributed by atoms with Gasteiger partial charge in [-0.25, -0.2) is 9.97 Å². The molecule has 2 heterocycles. The summed E-state index contributed by atoms with van der Waals surface area (Å²) in [4.78, 5) is 10.7. The summed E-state index contributed by atoms with van der Waals surface area (Å²) in [5, 5.41) is 5.20. The third-order valence-electron chi connectivity index (χ3n) is 3.52. The maximum Gasteiger partial charge on any atom is 0.163 e. The number of nitrogens with two attached hydrogens (primary N) is 1. The zero-order chi connectivity index (χ0) is 14.0. The molecular weight excluding hydrogens is 240 g/mol. The first-order valence-electron chi connectivity index (χ1n) is 6.60. The first-order chi connectivity index (χ1) is 9.00. The van der Waals surface area contributed by atoms with Crippen LogP contribution in [0.25, 0.3) is 11.0 Å². The molecule has 1 unspecified atom stereocenters. The van der Waals surface area contributed by atoms with Gasteiger partial charge in [0.1, 0.15) is 12.1 Å². The Hall–Kier alpha value is -1.69. The van der Waals surface area contributed by atoms with Crippen molar-refractivity contribution < 1.29 is 0 Å². The molecule has 6 heteroatoms. The topological polar surface area (TPSA) is 72.9 Å². The molecule has 2 aromatic heterocycles. The largest absolute Gasteiger partial charge is 0.359 e. The van der Waals surface area contributed by atoms with Gasteiger partial charge in [-0.3, -0.25) is 4.68 Å². The Morgan fingerprint density at radius 3 is 2.79 bits per heavy atom. The predicted octanol–water partition coefficient (Wildman–Crippen LogP) is 1.17. The van der Waals surface area contributed by atoms with Crippen molar-refractivity contribution >= 4 is 16.9 Å². The summed E-state index contributed by atoms with van der Waals surface area (Å²) in [6, 6.07) is 0.216.